The molecule has 0 aliphatic carbocycles. The van der Waals surface area contributed by atoms with Crippen LogP contribution in [0.25, 0.3) is 0 Å². The third kappa shape index (κ3) is 4.44. The highest BCUT2D eigenvalue weighted by Crippen LogP contribution is 2.14. The molecule has 21 heavy (non-hydrogen) atoms. The van der Waals surface area contributed by atoms with Crippen LogP contribution in [0.1, 0.15) is 22.3 Å². The van der Waals surface area contributed by atoms with E-state index in [2.05, 4.69) is 22.0 Å². The predicted octanol–water partition coefficient (Wildman–Crippen LogP) is 4.01. The molecule has 1 amide bonds. The summed E-state index contributed by atoms with van der Waals surface area (Å²) in [7, 11) is 0. The van der Waals surface area contributed by atoms with Crippen molar-refractivity contribution in [3.05, 3.63) is 70.2 Å². The Morgan fingerprint density at radius 1 is 1.10 bits per heavy atom. The van der Waals surface area contributed by atoms with E-state index in [0.29, 0.717) is 25.1 Å². The van der Waals surface area contributed by atoms with Crippen molar-refractivity contribution in [2.45, 2.75) is 13.0 Å². The van der Waals surface area contributed by atoms with Gasteiger partial charge in [-0.1, -0.05) is 46.3 Å². The van der Waals surface area contributed by atoms with Gasteiger partial charge in [0, 0.05) is 23.1 Å². The average molecular weight is 343 g/mol. The molecule has 0 N–H and O–H groups in total. The fraction of sp³-hybridized carbons (Fsp3) is 0.176. The van der Waals surface area contributed by atoms with E-state index in [4.69, 9.17) is 5.26 Å². The van der Waals surface area contributed by atoms with Crippen molar-refractivity contribution in [2.75, 3.05) is 6.54 Å². The molecule has 0 atom stereocenters. The SMILES string of the molecule is N#CCCN(Cc1ccccc1)C(=O)c1ccc(Br)cc1. The second-order valence-corrected chi connectivity index (χ2v) is 5.54. The van der Waals surface area contributed by atoms with Crippen LogP contribution in [0.15, 0.2) is 59.1 Å². The van der Waals surface area contributed by atoms with E-state index >= 15 is 0 Å². The highest BCUT2D eigenvalue weighted by Gasteiger charge is 2.15. The number of hydrogen-bond acceptors (Lipinski definition) is 2. The molecule has 0 aromatic heterocycles. The first-order chi connectivity index (χ1) is 10.2. The molecule has 0 bridgehead atoms. The standard InChI is InChI=1S/C17H15BrN2O/c18-16-9-7-15(8-10-16)17(21)20(12-4-11-19)13-14-5-2-1-3-6-14/h1-3,5-10H,4,12-13H2. The second-order valence-electron chi connectivity index (χ2n) is 4.63. The van der Waals surface area contributed by atoms with Crippen LogP contribution in [0.4, 0.5) is 0 Å². The van der Waals surface area contributed by atoms with Gasteiger partial charge >= 0.3 is 0 Å². The van der Waals surface area contributed by atoms with E-state index in [0.717, 1.165) is 10.0 Å². The molecule has 0 saturated heterocycles. The number of nitrogens with zero attached hydrogens (tertiary/aromatic N) is 2. The number of benzene rings is 2. The average Bonchev–Trinajstić information content (AvgIpc) is 2.52. The Morgan fingerprint density at radius 2 is 1.76 bits per heavy atom. The van der Waals surface area contributed by atoms with Gasteiger partial charge in [0.1, 0.15) is 0 Å². The number of hydrogen-bond donors (Lipinski definition) is 0. The number of carbonyl (C=O) groups excluding carboxylic acids is 1. The number of rotatable bonds is 5. The molecule has 0 aliphatic rings. The Balaban J connectivity index is 2.17. The molecule has 0 aliphatic heterocycles. The molecule has 0 heterocycles. The number of carbonyl (C=O) groups is 1. The van der Waals surface area contributed by atoms with Crippen LogP contribution < -0.4 is 0 Å². The van der Waals surface area contributed by atoms with Crippen molar-refractivity contribution in [3.8, 4) is 6.07 Å². The van der Waals surface area contributed by atoms with Gasteiger partial charge in [0.2, 0.25) is 0 Å². The van der Waals surface area contributed by atoms with Gasteiger partial charge in [0.25, 0.3) is 5.91 Å². The molecule has 2 aromatic carbocycles. The van der Waals surface area contributed by atoms with Crippen molar-refractivity contribution in [1.29, 1.82) is 5.26 Å². The lowest BCUT2D eigenvalue weighted by atomic mass is 10.1. The van der Waals surface area contributed by atoms with E-state index in [1.165, 1.54) is 0 Å². The molecule has 2 aromatic rings. The van der Waals surface area contributed by atoms with Crippen LogP contribution in [0.2, 0.25) is 0 Å². The Hall–Kier alpha value is -2.12. The zero-order valence-electron chi connectivity index (χ0n) is 11.5. The smallest absolute Gasteiger partial charge is 0.254 e. The third-order valence-electron chi connectivity index (χ3n) is 3.09. The Bertz CT molecular complexity index is 632. The number of nitriles is 1. The van der Waals surface area contributed by atoms with Crippen LogP contribution >= 0.6 is 15.9 Å². The summed E-state index contributed by atoms with van der Waals surface area (Å²) in [5, 5.41) is 8.78. The van der Waals surface area contributed by atoms with E-state index in [-0.39, 0.29) is 5.91 Å². The maximum absolute atomic E-state index is 12.6. The summed E-state index contributed by atoms with van der Waals surface area (Å²) in [5.41, 5.74) is 1.69. The Kier molecular flexibility index (Phi) is 5.53. The van der Waals surface area contributed by atoms with Crippen molar-refractivity contribution in [1.82, 2.24) is 4.90 Å². The lowest BCUT2D eigenvalue weighted by Crippen LogP contribution is -2.31. The summed E-state index contributed by atoms with van der Waals surface area (Å²) < 4.78 is 0.936. The van der Waals surface area contributed by atoms with Gasteiger partial charge in [0.15, 0.2) is 0 Å². The van der Waals surface area contributed by atoms with E-state index in [9.17, 15) is 4.79 Å². The summed E-state index contributed by atoms with van der Waals surface area (Å²) in [6.07, 6.45) is 0.328. The fourth-order valence-electron chi connectivity index (χ4n) is 2.02. The first kappa shape index (κ1) is 15.3. The van der Waals surface area contributed by atoms with Crippen molar-refractivity contribution in [2.24, 2.45) is 0 Å². The molecule has 3 nitrogen and oxygen atoms in total. The zero-order chi connectivity index (χ0) is 15.1. The predicted molar refractivity (Wildman–Crippen MR) is 85.6 cm³/mol. The molecule has 0 radical (unpaired) electrons. The van der Waals surface area contributed by atoms with Crippen LogP contribution in [-0.4, -0.2) is 17.4 Å². The second kappa shape index (κ2) is 7.61. The summed E-state index contributed by atoms with van der Waals surface area (Å²) in [4.78, 5) is 14.3. The maximum atomic E-state index is 12.6. The molecule has 106 valence electrons. The number of halogens is 1. The van der Waals surface area contributed by atoms with Gasteiger partial charge in [-0.25, -0.2) is 0 Å². The lowest BCUT2D eigenvalue weighted by Gasteiger charge is -2.22. The molecule has 0 unspecified atom stereocenters. The molecular weight excluding hydrogens is 328 g/mol. The Morgan fingerprint density at radius 3 is 2.38 bits per heavy atom. The maximum Gasteiger partial charge on any atom is 0.254 e. The summed E-state index contributed by atoms with van der Waals surface area (Å²) in [6.45, 7) is 0.942. The van der Waals surface area contributed by atoms with Gasteiger partial charge in [-0.05, 0) is 29.8 Å². The first-order valence-electron chi connectivity index (χ1n) is 6.66. The van der Waals surface area contributed by atoms with Gasteiger partial charge in [-0.15, -0.1) is 0 Å². The minimum Gasteiger partial charge on any atom is -0.333 e. The Labute approximate surface area is 132 Å². The highest BCUT2D eigenvalue weighted by molar-refractivity contribution is 9.10. The van der Waals surface area contributed by atoms with Gasteiger partial charge in [-0.2, -0.15) is 5.26 Å². The lowest BCUT2D eigenvalue weighted by molar-refractivity contribution is 0.0747. The normalized spacial score (nSPS) is 9.90. The van der Waals surface area contributed by atoms with Crippen molar-refractivity contribution >= 4 is 21.8 Å². The zero-order valence-corrected chi connectivity index (χ0v) is 13.1. The van der Waals surface area contributed by atoms with Crippen LogP contribution in [-0.2, 0) is 6.54 Å². The minimum atomic E-state index is -0.0541. The van der Waals surface area contributed by atoms with Gasteiger partial charge < -0.3 is 4.90 Å². The summed E-state index contributed by atoms with van der Waals surface area (Å²) in [6, 6.07) is 19.2. The molecular formula is C17H15BrN2O. The molecule has 0 fully saturated rings. The number of amides is 1. The fourth-order valence-corrected chi connectivity index (χ4v) is 2.28. The minimum absolute atomic E-state index is 0.0541. The van der Waals surface area contributed by atoms with Crippen LogP contribution in [0.3, 0.4) is 0 Å². The van der Waals surface area contributed by atoms with E-state index in [1.54, 1.807) is 17.0 Å². The van der Waals surface area contributed by atoms with Crippen LogP contribution in [0, 0.1) is 11.3 Å². The van der Waals surface area contributed by atoms with E-state index < -0.39 is 0 Å². The van der Waals surface area contributed by atoms with Gasteiger partial charge in [0.05, 0.1) is 12.5 Å². The summed E-state index contributed by atoms with van der Waals surface area (Å²) in [5.74, 6) is -0.0541. The molecule has 2 rings (SSSR count). The van der Waals surface area contributed by atoms with Crippen molar-refractivity contribution in [3.63, 3.8) is 0 Å². The van der Waals surface area contributed by atoms with Crippen molar-refractivity contribution < 1.29 is 4.79 Å². The van der Waals surface area contributed by atoms with Crippen LogP contribution in [0.5, 0.6) is 0 Å². The summed E-state index contributed by atoms with van der Waals surface area (Å²) >= 11 is 3.36. The quantitative estimate of drug-likeness (QED) is 0.823. The first-order valence-corrected chi connectivity index (χ1v) is 7.45. The monoisotopic (exact) mass is 342 g/mol. The topological polar surface area (TPSA) is 44.1 Å². The molecule has 4 heteroatoms. The van der Waals surface area contributed by atoms with E-state index in [1.807, 2.05) is 42.5 Å². The largest absolute Gasteiger partial charge is 0.333 e. The highest BCUT2D eigenvalue weighted by atomic mass is 79.9. The van der Waals surface area contributed by atoms with Gasteiger partial charge in [-0.3, -0.25) is 4.79 Å². The molecule has 0 saturated carbocycles. The third-order valence-corrected chi connectivity index (χ3v) is 3.62. The molecule has 0 spiro atoms.